The first-order valence-corrected chi connectivity index (χ1v) is 11.9. The van der Waals surface area contributed by atoms with Gasteiger partial charge < -0.3 is 5.32 Å². The quantitative estimate of drug-likeness (QED) is 0.651. The summed E-state index contributed by atoms with van der Waals surface area (Å²) in [7, 11) is -3.58. The highest BCUT2D eigenvalue weighted by Gasteiger charge is 2.32. The number of carbonyl (C=O) groups is 1. The van der Waals surface area contributed by atoms with Crippen molar-refractivity contribution in [1.82, 2.24) is 4.31 Å². The minimum absolute atomic E-state index is 0.155. The molecule has 0 aromatic heterocycles. The van der Waals surface area contributed by atoms with E-state index in [2.05, 4.69) is 5.32 Å². The zero-order valence-corrected chi connectivity index (χ0v) is 18.9. The number of aryl methyl sites for hydroxylation is 1. The number of benzene rings is 2. The second kappa shape index (κ2) is 9.23. The van der Waals surface area contributed by atoms with Gasteiger partial charge in [0.15, 0.2) is 0 Å². The first kappa shape index (κ1) is 22.4. The maximum absolute atomic E-state index is 12.9. The molecule has 2 aromatic carbocycles. The van der Waals surface area contributed by atoms with E-state index in [0.29, 0.717) is 45.7 Å². The summed E-state index contributed by atoms with van der Waals surface area (Å²) < 4.78 is 27.1. The molecule has 1 fully saturated rings. The fourth-order valence-electron chi connectivity index (χ4n) is 3.34. The highest BCUT2D eigenvalue weighted by Crippen LogP contribution is 2.27. The molecule has 1 unspecified atom stereocenters. The van der Waals surface area contributed by atoms with Gasteiger partial charge in [-0.3, -0.25) is 4.79 Å². The number of rotatable bonds is 5. The van der Waals surface area contributed by atoms with Crippen molar-refractivity contribution in [3.63, 3.8) is 0 Å². The van der Waals surface area contributed by atoms with Gasteiger partial charge in [-0.15, -0.1) is 0 Å². The van der Waals surface area contributed by atoms with Gasteiger partial charge in [0.2, 0.25) is 15.9 Å². The highest BCUT2D eigenvalue weighted by molar-refractivity contribution is 7.88. The van der Waals surface area contributed by atoms with Gasteiger partial charge in [-0.1, -0.05) is 40.9 Å². The zero-order chi connectivity index (χ0) is 21.2. The Labute approximate surface area is 186 Å². The number of amides is 1. The number of sulfonamides is 1. The van der Waals surface area contributed by atoms with Gasteiger partial charge in [0, 0.05) is 23.8 Å². The second-order valence-corrected chi connectivity index (χ2v) is 10.4. The molecule has 1 amide bonds. The summed E-state index contributed by atoms with van der Waals surface area (Å²) in [6, 6.07) is 10.0. The van der Waals surface area contributed by atoms with Crippen molar-refractivity contribution in [2.75, 3.05) is 18.4 Å². The van der Waals surface area contributed by atoms with Crippen LogP contribution in [0.3, 0.4) is 0 Å². The van der Waals surface area contributed by atoms with E-state index in [1.54, 1.807) is 36.4 Å². The normalized spacial score (nSPS) is 17.9. The Morgan fingerprint density at radius 1 is 1.14 bits per heavy atom. The molecular weight excluding hydrogens is 455 g/mol. The van der Waals surface area contributed by atoms with Crippen molar-refractivity contribution in [2.24, 2.45) is 5.92 Å². The number of anilines is 1. The third kappa shape index (κ3) is 5.64. The first-order valence-electron chi connectivity index (χ1n) is 9.14. The van der Waals surface area contributed by atoms with E-state index in [0.717, 1.165) is 5.56 Å². The fourth-order valence-corrected chi connectivity index (χ4v) is 5.49. The number of carbonyl (C=O) groups excluding carboxylic acids is 1. The minimum atomic E-state index is -3.58. The van der Waals surface area contributed by atoms with Crippen LogP contribution in [0.4, 0.5) is 5.69 Å². The van der Waals surface area contributed by atoms with Crippen molar-refractivity contribution in [3.05, 3.63) is 62.6 Å². The zero-order valence-electron chi connectivity index (χ0n) is 15.8. The molecule has 3 rings (SSSR count). The summed E-state index contributed by atoms with van der Waals surface area (Å²) in [5.41, 5.74) is 2.09. The molecule has 1 aliphatic rings. The molecule has 156 valence electrons. The largest absolute Gasteiger partial charge is 0.326 e. The number of hydrogen-bond acceptors (Lipinski definition) is 3. The molecule has 0 aliphatic carbocycles. The van der Waals surface area contributed by atoms with Crippen molar-refractivity contribution >= 4 is 56.4 Å². The van der Waals surface area contributed by atoms with E-state index >= 15 is 0 Å². The topological polar surface area (TPSA) is 66.5 Å². The van der Waals surface area contributed by atoms with E-state index in [4.69, 9.17) is 34.8 Å². The van der Waals surface area contributed by atoms with Crippen LogP contribution in [-0.2, 0) is 20.6 Å². The number of halogens is 3. The number of piperidine rings is 1. The third-order valence-electron chi connectivity index (χ3n) is 4.93. The van der Waals surface area contributed by atoms with Crippen LogP contribution in [0.2, 0.25) is 15.1 Å². The summed E-state index contributed by atoms with van der Waals surface area (Å²) >= 11 is 17.8. The number of nitrogens with one attached hydrogen (secondary N) is 1. The summed E-state index contributed by atoms with van der Waals surface area (Å²) in [5.74, 6) is -0.790. The van der Waals surface area contributed by atoms with Gasteiger partial charge in [0.25, 0.3) is 0 Å². The Hall–Kier alpha value is -1.31. The maximum atomic E-state index is 12.9. The smallest absolute Gasteiger partial charge is 0.228 e. The monoisotopic (exact) mass is 474 g/mol. The molecule has 5 nitrogen and oxygen atoms in total. The molecule has 2 aromatic rings. The average molecular weight is 476 g/mol. The maximum Gasteiger partial charge on any atom is 0.228 e. The van der Waals surface area contributed by atoms with Crippen LogP contribution in [0.15, 0.2) is 36.4 Å². The lowest BCUT2D eigenvalue weighted by Gasteiger charge is -2.31. The van der Waals surface area contributed by atoms with E-state index in [1.165, 1.54) is 4.31 Å². The van der Waals surface area contributed by atoms with Crippen LogP contribution in [0, 0.1) is 12.8 Å². The summed E-state index contributed by atoms with van der Waals surface area (Å²) in [5, 5.41) is 4.18. The molecule has 29 heavy (non-hydrogen) atoms. The lowest BCUT2D eigenvalue weighted by molar-refractivity contribution is -0.120. The molecule has 1 N–H and O–H groups in total. The average Bonchev–Trinajstić information content (AvgIpc) is 2.67. The van der Waals surface area contributed by atoms with Crippen molar-refractivity contribution in [3.8, 4) is 0 Å². The van der Waals surface area contributed by atoms with E-state index in [1.807, 2.05) is 6.92 Å². The van der Waals surface area contributed by atoms with Crippen LogP contribution in [0.5, 0.6) is 0 Å². The van der Waals surface area contributed by atoms with Gasteiger partial charge in [-0.2, -0.15) is 0 Å². The lowest BCUT2D eigenvalue weighted by Crippen LogP contribution is -2.44. The van der Waals surface area contributed by atoms with Crippen LogP contribution in [0.25, 0.3) is 0 Å². The molecule has 0 bridgehead atoms. The van der Waals surface area contributed by atoms with E-state index < -0.39 is 15.9 Å². The predicted molar refractivity (Wildman–Crippen MR) is 118 cm³/mol. The summed E-state index contributed by atoms with van der Waals surface area (Å²) in [6.45, 7) is 2.41. The van der Waals surface area contributed by atoms with Gasteiger partial charge >= 0.3 is 0 Å². The Kier molecular flexibility index (Phi) is 7.12. The van der Waals surface area contributed by atoms with Crippen LogP contribution >= 0.6 is 34.8 Å². The van der Waals surface area contributed by atoms with Crippen LogP contribution in [-0.4, -0.2) is 31.7 Å². The van der Waals surface area contributed by atoms with Crippen molar-refractivity contribution < 1.29 is 13.2 Å². The second-order valence-electron chi connectivity index (χ2n) is 7.15. The fraction of sp³-hybridized carbons (Fsp3) is 0.350. The molecule has 1 heterocycles. The number of nitrogens with zero attached hydrogens (tertiary/aromatic N) is 1. The molecular formula is C20H21Cl3N2O3S. The predicted octanol–water partition coefficient (Wildman–Crippen LogP) is 5.14. The summed E-state index contributed by atoms with van der Waals surface area (Å²) in [4.78, 5) is 12.7. The Morgan fingerprint density at radius 3 is 2.59 bits per heavy atom. The minimum Gasteiger partial charge on any atom is -0.326 e. The molecule has 0 radical (unpaired) electrons. The van der Waals surface area contributed by atoms with Crippen molar-refractivity contribution in [2.45, 2.75) is 25.5 Å². The van der Waals surface area contributed by atoms with Gasteiger partial charge in [-0.25, -0.2) is 12.7 Å². The Balaban J connectivity index is 1.68. The Bertz CT molecular complexity index is 1030. The Morgan fingerprint density at radius 2 is 1.90 bits per heavy atom. The third-order valence-corrected chi connectivity index (χ3v) is 7.72. The van der Waals surface area contributed by atoms with E-state index in [-0.39, 0.29) is 18.2 Å². The molecule has 1 aliphatic heterocycles. The van der Waals surface area contributed by atoms with Gasteiger partial charge in [-0.05, 0) is 61.2 Å². The molecule has 9 heteroatoms. The standard InChI is InChI=1S/C20H21Cl3N2O3S/c1-13-9-16(21)5-7-19(13)24-20(26)15-3-2-8-25(11-15)29(27,28)12-14-4-6-17(22)18(23)10-14/h4-7,9-10,15H,2-3,8,11-12H2,1H3,(H,24,26). The molecule has 1 atom stereocenters. The van der Waals surface area contributed by atoms with E-state index in [9.17, 15) is 13.2 Å². The SMILES string of the molecule is Cc1cc(Cl)ccc1NC(=O)C1CCCN(S(=O)(=O)Cc2ccc(Cl)c(Cl)c2)C1. The van der Waals surface area contributed by atoms with Crippen LogP contribution in [0.1, 0.15) is 24.0 Å². The summed E-state index contributed by atoms with van der Waals surface area (Å²) in [6.07, 6.45) is 1.26. The molecule has 0 saturated carbocycles. The first-order chi connectivity index (χ1) is 13.7. The molecule has 1 saturated heterocycles. The highest BCUT2D eigenvalue weighted by atomic mass is 35.5. The van der Waals surface area contributed by atoms with Crippen molar-refractivity contribution in [1.29, 1.82) is 0 Å². The number of hydrogen-bond donors (Lipinski definition) is 1. The van der Waals surface area contributed by atoms with Gasteiger partial charge in [0.1, 0.15) is 0 Å². The lowest BCUT2D eigenvalue weighted by atomic mass is 9.98. The molecule has 0 spiro atoms. The van der Waals surface area contributed by atoms with Crippen LogP contribution < -0.4 is 5.32 Å². The van der Waals surface area contributed by atoms with Gasteiger partial charge in [0.05, 0.1) is 21.7 Å².